The molecule has 4 heterocycles. The molecule has 0 aliphatic heterocycles. The monoisotopic (exact) mass is 374 g/mol. The van der Waals surface area contributed by atoms with Gasteiger partial charge in [-0.15, -0.1) is 17.5 Å². The zero-order valence-electron chi connectivity index (χ0n) is 13.6. The van der Waals surface area contributed by atoms with Crippen LogP contribution in [0.2, 0.25) is 0 Å². The predicted molar refractivity (Wildman–Crippen MR) is 100 cm³/mol. The number of halogens is 2. The first kappa shape index (κ1) is 17.8. The minimum atomic E-state index is -0.337. The van der Waals surface area contributed by atoms with Crippen molar-refractivity contribution < 1.29 is 4.39 Å². The van der Waals surface area contributed by atoms with Gasteiger partial charge in [0.05, 0.1) is 12.9 Å². The summed E-state index contributed by atoms with van der Waals surface area (Å²) in [7, 11) is 0. The lowest BCUT2D eigenvalue weighted by atomic mass is 10.1. The maximum absolute atomic E-state index is 12.7. The fourth-order valence-corrected chi connectivity index (χ4v) is 2.84. The van der Waals surface area contributed by atoms with Crippen LogP contribution in [0.1, 0.15) is 0 Å². The Labute approximate surface area is 153 Å². The van der Waals surface area contributed by atoms with Gasteiger partial charge in [0, 0.05) is 30.5 Å². The lowest BCUT2D eigenvalue weighted by Crippen LogP contribution is -2.23. The average molecular weight is 375 g/mol. The molecule has 0 fully saturated rings. The Balaban J connectivity index is 0.00000196. The number of nitrogens with two attached hydrogens (primary N) is 1. The van der Waals surface area contributed by atoms with Crippen LogP contribution in [0.5, 0.6) is 0 Å². The quantitative estimate of drug-likeness (QED) is 0.573. The van der Waals surface area contributed by atoms with Crippen molar-refractivity contribution in [3.8, 4) is 11.1 Å². The maximum atomic E-state index is 12.7. The van der Waals surface area contributed by atoms with Crippen LogP contribution in [0.4, 0.5) is 4.39 Å². The molecule has 0 atom stereocenters. The van der Waals surface area contributed by atoms with Crippen LogP contribution in [-0.4, -0.2) is 30.7 Å². The average Bonchev–Trinajstić information content (AvgIpc) is 3.24. The summed E-state index contributed by atoms with van der Waals surface area (Å²) in [5.41, 5.74) is 8.59. The number of pyridine rings is 2. The van der Waals surface area contributed by atoms with Crippen molar-refractivity contribution in [2.24, 2.45) is 5.73 Å². The molecule has 0 saturated carbocycles. The van der Waals surface area contributed by atoms with E-state index < -0.39 is 0 Å². The highest BCUT2D eigenvalue weighted by molar-refractivity contribution is 5.93. The molecule has 0 aromatic carbocycles. The van der Waals surface area contributed by atoms with E-state index in [9.17, 15) is 9.18 Å². The first-order valence-corrected chi connectivity index (χ1v) is 7.71. The minimum absolute atomic E-state index is 0. The van der Waals surface area contributed by atoms with E-state index in [1.54, 1.807) is 12.4 Å². The van der Waals surface area contributed by atoms with Crippen molar-refractivity contribution in [2.45, 2.75) is 6.54 Å². The standard InChI is InChI=1S/C17H15FN6O.ClH/c18-8-11(9-19)10-24-17(25)23-6-3-12(7-15(23)22-24)13-1-4-20-16-14(13)2-5-21-16;/h1-8H,9-10,19H2,(H,20,21);1H/b11-8+;. The SMILES string of the molecule is Cl.NC/C(=C\F)Cn1nc2cc(-c3ccnc4[nH]ccc34)ccn2c1=O. The van der Waals surface area contributed by atoms with E-state index in [4.69, 9.17) is 5.73 Å². The van der Waals surface area contributed by atoms with Gasteiger partial charge >= 0.3 is 5.69 Å². The molecule has 0 amide bonds. The van der Waals surface area contributed by atoms with Gasteiger partial charge in [0.2, 0.25) is 0 Å². The largest absolute Gasteiger partial charge is 0.350 e. The van der Waals surface area contributed by atoms with Crippen LogP contribution < -0.4 is 11.4 Å². The van der Waals surface area contributed by atoms with Crippen LogP contribution in [0.3, 0.4) is 0 Å². The van der Waals surface area contributed by atoms with Crippen LogP contribution >= 0.6 is 12.4 Å². The maximum Gasteiger partial charge on any atom is 0.350 e. The first-order chi connectivity index (χ1) is 12.2. The van der Waals surface area contributed by atoms with E-state index in [1.165, 1.54) is 9.08 Å². The van der Waals surface area contributed by atoms with Crippen LogP contribution in [-0.2, 0) is 6.54 Å². The molecular weight excluding hydrogens is 359 g/mol. The smallest absolute Gasteiger partial charge is 0.346 e. The number of H-pyrrole nitrogens is 1. The van der Waals surface area contributed by atoms with Gasteiger partial charge in [-0.3, -0.25) is 4.40 Å². The molecule has 0 bridgehead atoms. The van der Waals surface area contributed by atoms with Gasteiger partial charge in [-0.1, -0.05) is 0 Å². The second-order valence-corrected chi connectivity index (χ2v) is 5.65. The number of fused-ring (bicyclic) bond motifs is 2. The number of hydrogen-bond donors (Lipinski definition) is 2. The summed E-state index contributed by atoms with van der Waals surface area (Å²) in [6.07, 6.45) is 5.64. The van der Waals surface area contributed by atoms with Gasteiger partial charge in [-0.25, -0.2) is 18.9 Å². The molecule has 4 rings (SSSR count). The van der Waals surface area contributed by atoms with Crippen molar-refractivity contribution in [3.63, 3.8) is 0 Å². The molecule has 134 valence electrons. The molecule has 26 heavy (non-hydrogen) atoms. The van der Waals surface area contributed by atoms with Crippen molar-refractivity contribution in [1.82, 2.24) is 24.1 Å². The highest BCUT2D eigenvalue weighted by Crippen LogP contribution is 2.27. The summed E-state index contributed by atoms with van der Waals surface area (Å²) in [6, 6.07) is 7.53. The van der Waals surface area contributed by atoms with Crippen LogP contribution in [0, 0.1) is 0 Å². The fraction of sp³-hybridized carbons (Fsp3) is 0.118. The Morgan fingerprint density at radius 2 is 2.19 bits per heavy atom. The predicted octanol–water partition coefficient (Wildman–Crippen LogP) is 2.27. The topological polar surface area (TPSA) is 94.0 Å². The third-order valence-electron chi connectivity index (χ3n) is 4.13. The van der Waals surface area contributed by atoms with Crippen molar-refractivity contribution in [2.75, 3.05) is 6.54 Å². The second kappa shape index (κ2) is 7.11. The summed E-state index contributed by atoms with van der Waals surface area (Å²) in [6.45, 7) is 0.0602. The van der Waals surface area contributed by atoms with Gasteiger partial charge in [0.15, 0.2) is 5.65 Å². The lowest BCUT2D eigenvalue weighted by molar-refractivity contribution is 0.616. The summed E-state index contributed by atoms with van der Waals surface area (Å²) >= 11 is 0. The van der Waals surface area contributed by atoms with Crippen molar-refractivity contribution in [3.05, 3.63) is 65.2 Å². The molecule has 0 radical (unpaired) electrons. The highest BCUT2D eigenvalue weighted by atomic mass is 35.5. The van der Waals surface area contributed by atoms with Crippen molar-refractivity contribution in [1.29, 1.82) is 0 Å². The number of aromatic nitrogens is 5. The van der Waals surface area contributed by atoms with Gasteiger partial charge < -0.3 is 10.7 Å². The molecule has 9 heteroatoms. The summed E-state index contributed by atoms with van der Waals surface area (Å²) in [5.74, 6) is 0. The number of aromatic amines is 1. The van der Waals surface area contributed by atoms with E-state index in [1.807, 2.05) is 30.5 Å². The minimum Gasteiger partial charge on any atom is -0.346 e. The van der Waals surface area contributed by atoms with Crippen LogP contribution in [0.15, 0.2) is 59.6 Å². The Kier molecular flexibility index (Phi) is 4.88. The van der Waals surface area contributed by atoms with Crippen molar-refractivity contribution >= 4 is 29.1 Å². The molecule has 0 aliphatic rings. The van der Waals surface area contributed by atoms with E-state index in [0.717, 1.165) is 22.2 Å². The number of rotatable bonds is 4. The molecule has 0 aliphatic carbocycles. The molecule has 0 spiro atoms. The first-order valence-electron chi connectivity index (χ1n) is 7.71. The number of nitrogens with one attached hydrogen (secondary N) is 1. The Hall–Kier alpha value is -2.97. The molecule has 4 aromatic heterocycles. The van der Waals surface area contributed by atoms with E-state index in [2.05, 4.69) is 15.1 Å². The third-order valence-corrected chi connectivity index (χ3v) is 4.13. The zero-order chi connectivity index (χ0) is 17.4. The van der Waals surface area contributed by atoms with Crippen LogP contribution in [0.25, 0.3) is 27.8 Å². The number of hydrogen-bond acceptors (Lipinski definition) is 4. The second-order valence-electron chi connectivity index (χ2n) is 5.65. The summed E-state index contributed by atoms with van der Waals surface area (Å²) in [4.78, 5) is 19.7. The lowest BCUT2D eigenvalue weighted by Gasteiger charge is -2.03. The molecule has 0 saturated heterocycles. The van der Waals surface area contributed by atoms with E-state index >= 15 is 0 Å². The molecule has 3 N–H and O–H groups in total. The third kappa shape index (κ3) is 2.89. The Morgan fingerprint density at radius 1 is 1.35 bits per heavy atom. The Bertz CT molecular complexity index is 1160. The van der Waals surface area contributed by atoms with Gasteiger partial charge in [0.1, 0.15) is 5.65 Å². The molecule has 4 aromatic rings. The van der Waals surface area contributed by atoms with E-state index in [0.29, 0.717) is 17.6 Å². The fourth-order valence-electron chi connectivity index (χ4n) is 2.84. The zero-order valence-corrected chi connectivity index (χ0v) is 14.4. The Morgan fingerprint density at radius 3 is 2.96 bits per heavy atom. The van der Waals surface area contributed by atoms with Gasteiger partial charge in [-0.2, -0.15) is 0 Å². The highest BCUT2D eigenvalue weighted by Gasteiger charge is 2.11. The molecule has 7 nitrogen and oxygen atoms in total. The normalized spacial score (nSPS) is 11.8. The molecular formula is C17H16ClFN6O. The van der Waals surface area contributed by atoms with Gasteiger partial charge in [-0.05, 0) is 41.0 Å². The summed E-state index contributed by atoms with van der Waals surface area (Å²) in [5, 5.41) is 5.27. The summed E-state index contributed by atoms with van der Waals surface area (Å²) < 4.78 is 15.4. The molecule has 0 unspecified atom stereocenters. The number of nitrogens with zero attached hydrogens (tertiary/aromatic N) is 4. The van der Waals surface area contributed by atoms with Gasteiger partial charge in [0.25, 0.3) is 0 Å². The van der Waals surface area contributed by atoms with E-state index in [-0.39, 0.29) is 31.2 Å².